The summed E-state index contributed by atoms with van der Waals surface area (Å²) in [6, 6.07) is 0. The topological polar surface area (TPSA) is 15.8 Å². The summed E-state index contributed by atoms with van der Waals surface area (Å²) < 4.78 is 5.18. The summed E-state index contributed by atoms with van der Waals surface area (Å²) >= 11 is 0. The predicted octanol–water partition coefficient (Wildman–Crippen LogP) is -0.301. The van der Waals surface area contributed by atoms with Gasteiger partial charge in [-0.3, -0.25) is 0 Å². The molecule has 2 rings (SSSR count). The van der Waals surface area contributed by atoms with Crippen LogP contribution in [0.2, 0.25) is 0 Å². The summed E-state index contributed by atoms with van der Waals surface area (Å²) in [4.78, 5) is 2.30. The molecule has 0 saturated carbocycles. The number of ether oxygens (including phenoxy) is 1. The number of fused-ring (bicyclic) bond motifs is 1. The molecule has 7 heavy (non-hydrogen) atoms. The molecule has 0 amide bonds. The van der Waals surface area contributed by atoms with Crippen LogP contribution >= 0.6 is 0 Å². The molecule has 2 fully saturated rings. The molecule has 2 atom stereocenters. The second-order valence-corrected chi connectivity index (χ2v) is 2.43. The Balaban J connectivity index is 2.02. The minimum atomic E-state index is 0.616. The number of epoxide rings is 1. The van der Waals surface area contributed by atoms with Crippen LogP contribution in [-0.4, -0.2) is 37.2 Å². The van der Waals surface area contributed by atoms with Gasteiger partial charge in [0, 0.05) is 13.1 Å². The molecule has 0 bridgehead atoms. The Labute approximate surface area is 43.1 Å². The molecule has 0 aromatic rings. The van der Waals surface area contributed by atoms with E-state index in [-0.39, 0.29) is 0 Å². The van der Waals surface area contributed by atoms with Gasteiger partial charge in [0.2, 0.25) is 0 Å². The molecule has 2 heteroatoms. The molecule has 2 heterocycles. The van der Waals surface area contributed by atoms with Crippen LogP contribution in [0, 0.1) is 0 Å². The summed E-state index contributed by atoms with van der Waals surface area (Å²) in [6.07, 6.45) is 1.23. The van der Waals surface area contributed by atoms with Crippen molar-refractivity contribution in [3.05, 3.63) is 0 Å². The van der Waals surface area contributed by atoms with E-state index < -0.39 is 0 Å². The van der Waals surface area contributed by atoms with Gasteiger partial charge in [-0.25, -0.2) is 0 Å². The van der Waals surface area contributed by atoms with Gasteiger partial charge in [-0.05, 0) is 7.05 Å². The van der Waals surface area contributed by atoms with E-state index >= 15 is 0 Å². The van der Waals surface area contributed by atoms with Crippen molar-refractivity contribution >= 4 is 0 Å². The van der Waals surface area contributed by atoms with Crippen LogP contribution in [-0.2, 0) is 4.74 Å². The minimum absolute atomic E-state index is 0.616. The van der Waals surface area contributed by atoms with Gasteiger partial charge in [0.05, 0.1) is 12.2 Å². The normalized spacial score (nSPS) is 49.3. The molecule has 0 N–H and O–H groups in total. The molecule has 0 unspecified atom stereocenters. The lowest BCUT2D eigenvalue weighted by Gasteiger charge is -2.06. The summed E-state index contributed by atoms with van der Waals surface area (Å²) in [7, 11) is 2.13. The van der Waals surface area contributed by atoms with Crippen molar-refractivity contribution in [3.63, 3.8) is 0 Å². The molecule has 0 spiro atoms. The first-order valence-corrected chi connectivity index (χ1v) is 2.70. The molecule has 0 radical (unpaired) electrons. The average Bonchev–Trinajstić information content (AvgIpc) is 2.15. The largest absolute Gasteiger partial charge is 0.367 e. The van der Waals surface area contributed by atoms with Crippen molar-refractivity contribution in [2.75, 3.05) is 20.1 Å². The Hall–Kier alpha value is -0.0800. The Kier molecular flexibility index (Phi) is 0.557. The minimum Gasteiger partial charge on any atom is -0.367 e. The molecule has 40 valence electrons. The fourth-order valence-corrected chi connectivity index (χ4v) is 1.19. The Morgan fingerprint density at radius 2 is 2.00 bits per heavy atom. The maximum absolute atomic E-state index is 5.18. The van der Waals surface area contributed by atoms with Crippen molar-refractivity contribution in [2.45, 2.75) is 12.2 Å². The summed E-state index contributed by atoms with van der Waals surface area (Å²) in [6.45, 7) is 2.31. The summed E-state index contributed by atoms with van der Waals surface area (Å²) in [5.74, 6) is 0. The Morgan fingerprint density at radius 3 is 2.29 bits per heavy atom. The zero-order valence-corrected chi connectivity index (χ0v) is 4.42. The standard InChI is InChI=1S/C5H9NO/c1-6-2-4-5(3-6)7-4/h4-5H,2-3H2,1H3/t4-,5+. The van der Waals surface area contributed by atoms with Crippen LogP contribution in [0.15, 0.2) is 0 Å². The van der Waals surface area contributed by atoms with Gasteiger partial charge < -0.3 is 9.64 Å². The molecule has 2 aliphatic heterocycles. The second kappa shape index (κ2) is 1.01. The quantitative estimate of drug-likeness (QED) is 0.387. The van der Waals surface area contributed by atoms with E-state index in [2.05, 4.69) is 11.9 Å². The zero-order chi connectivity index (χ0) is 4.85. The lowest BCUT2D eigenvalue weighted by atomic mass is 10.4. The Morgan fingerprint density at radius 1 is 1.43 bits per heavy atom. The van der Waals surface area contributed by atoms with Crippen molar-refractivity contribution in [1.82, 2.24) is 4.90 Å². The summed E-state index contributed by atoms with van der Waals surface area (Å²) in [5, 5.41) is 0. The number of nitrogens with zero attached hydrogens (tertiary/aromatic N) is 1. The van der Waals surface area contributed by atoms with Crippen LogP contribution in [0.5, 0.6) is 0 Å². The van der Waals surface area contributed by atoms with Crippen LogP contribution in [0.25, 0.3) is 0 Å². The van der Waals surface area contributed by atoms with E-state index in [1.165, 1.54) is 0 Å². The lowest BCUT2D eigenvalue weighted by Crippen LogP contribution is -2.18. The molecule has 0 aromatic carbocycles. The van der Waals surface area contributed by atoms with Crippen LogP contribution in [0.3, 0.4) is 0 Å². The molecule has 2 aliphatic rings. The zero-order valence-electron chi connectivity index (χ0n) is 4.42. The number of morpholine rings is 1. The third kappa shape index (κ3) is 0.469. The molecular weight excluding hydrogens is 90.1 g/mol. The van der Waals surface area contributed by atoms with E-state index in [1.807, 2.05) is 0 Å². The average molecular weight is 99.1 g/mol. The highest BCUT2D eigenvalue weighted by Gasteiger charge is 2.45. The lowest BCUT2D eigenvalue weighted by molar-refractivity contribution is 0.233. The van der Waals surface area contributed by atoms with E-state index in [1.54, 1.807) is 0 Å². The molecule has 2 saturated heterocycles. The monoisotopic (exact) mass is 99.1 g/mol. The van der Waals surface area contributed by atoms with Gasteiger partial charge in [0.15, 0.2) is 0 Å². The van der Waals surface area contributed by atoms with E-state index in [9.17, 15) is 0 Å². The second-order valence-electron chi connectivity index (χ2n) is 2.43. The van der Waals surface area contributed by atoms with Crippen LogP contribution in [0.1, 0.15) is 0 Å². The first kappa shape index (κ1) is 3.87. The SMILES string of the molecule is CN1C[C@@H]2O[C@@H]2C1. The van der Waals surface area contributed by atoms with Crippen molar-refractivity contribution < 1.29 is 4.74 Å². The highest BCUT2D eigenvalue weighted by molar-refractivity contribution is 4.95. The number of likely N-dealkylation sites (tertiary alicyclic amines) is 1. The predicted molar refractivity (Wildman–Crippen MR) is 26.2 cm³/mol. The number of rotatable bonds is 0. The van der Waals surface area contributed by atoms with E-state index in [0.717, 1.165) is 13.1 Å². The van der Waals surface area contributed by atoms with Gasteiger partial charge in [0.25, 0.3) is 0 Å². The number of hydrogen-bond acceptors (Lipinski definition) is 2. The van der Waals surface area contributed by atoms with Gasteiger partial charge in [-0.2, -0.15) is 0 Å². The maximum Gasteiger partial charge on any atom is 0.0981 e. The van der Waals surface area contributed by atoms with Crippen molar-refractivity contribution in [1.29, 1.82) is 0 Å². The third-order valence-electron chi connectivity index (χ3n) is 1.67. The third-order valence-corrected chi connectivity index (χ3v) is 1.67. The smallest absolute Gasteiger partial charge is 0.0981 e. The van der Waals surface area contributed by atoms with E-state index in [4.69, 9.17) is 4.74 Å². The Bertz CT molecular complexity index is 84.1. The fourth-order valence-electron chi connectivity index (χ4n) is 1.19. The van der Waals surface area contributed by atoms with Gasteiger partial charge >= 0.3 is 0 Å². The van der Waals surface area contributed by atoms with Gasteiger partial charge in [-0.1, -0.05) is 0 Å². The molecule has 0 aliphatic carbocycles. The molecule has 0 aromatic heterocycles. The van der Waals surface area contributed by atoms with Crippen molar-refractivity contribution in [2.24, 2.45) is 0 Å². The van der Waals surface area contributed by atoms with Gasteiger partial charge in [-0.15, -0.1) is 0 Å². The first-order chi connectivity index (χ1) is 3.36. The first-order valence-electron chi connectivity index (χ1n) is 2.70. The molecule has 2 nitrogen and oxygen atoms in total. The summed E-state index contributed by atoms with van der Waals surface area (Å²) in [5.41, 5.74) is 0. The number of hydrogen-bond donors (Lipinski definition) is 0. The maximum atomic E-state index is 5.18. The highest BCUT2D eigenvalue weighted by Crippen LogP contribution is 2.28. The fraction of sp³-hybridized carbons (Fsp3) is 1.00. The van der Waals surface area contributed by atoms with Crippen molar-refractivity contribution in [3.8, 4) is 0 Å². The molecular formula is C5H9NO. The van der Waals surface area contributed by atoms with Gasteiger partial charge in [0.1, 0.15) is 0 Å². The highest BCUT2D eigenvalue weighted by atomic mass is 16.6. The van der Waals surface area contributed by atoms with E-state index in [0.29, 0.717) is 12.2 Å². The number of likely N-dealkylation sites (N-methyl/N-ethyl adjacent to an activating group) is 1. The van der Waals surface area contributed by atoms with Crippen LogP contribution in [0.4, 0.5) is 0 Å². The van der Waals surface area contributed by atoms with Crippen LogP contribution < -0.4 is 0 Å².